The first kappa shape index (κ1) is 26.8. The highest BCUT2D eigenvalue weighted by Crippen LogP contribution is 2.28. The van der Waals surface area contributed by atoms with Gasteiger partial charge in [0.15, 0.2) is 0 Å². The molecule has 1 atom stereocenters. The SMILES string of the molecule is CC(C)CCCCCCOC(CCCCCCC(C)C)C(CO)(CO)CO. The van der Waals surface area contributed by atoms with Crippen LogP contribution in [0.2, 0.25) is 0 Å². The predicted octanol–water partition coefficient (Wildman–Crippen LogP) is 4.94. The molecule has 0 aromatic heterocycles. The minimum Gasteiger partial charge on any atom is -0.396 e. The molecule has 27 heavy (non-hydrogen) atoms. The molecule has 0 aromatic carbocycles. The van der Waals surface area contributed by atoms with Crippen molar-refractivity contribution >= 4 is 0 Å². The van der Waals surface area contributed by atoms with Gasteiger partial charge in [-0.25, -0.2) is 0 Å². The van der Waals surface area contributed by atoms with Crippen LogP contribution in [0.5, 0.6) is 0 Å². The van der Waals surface area contributed by atoms with Gasteiger partial charge >= 0.3 is 0 Å². The quantitative estimate of drug-likeness (QED) is 0.274. The van der Waals surface area contributed by atoms with Crippen molar-refractivity contribution in [2.45, 2.75) is 104 Å². The van der Waals surface area contributed by atoms with Gasteiger partial charge in [-0.1, -0.05) is 85.5 Å². The lowest BCUT2D eigenvalue weighted by molar-refractivity contribution is -0.117. The van der Waals surface area contributed by atoms with Crippen LogP contribution in [0.25, 0.3) is 0 Å². The summed E-state index contributed by atoms with van der Waals surface area (Å²) in [7, 11) is 0. The summed E-state index contributed by atoms with van der Waals surface area (Å²) in [5.41, 5.74) is -0.935. The molecule has 0 bridgehead atoms. The fourth-order valence-electron chi connectivity index (χ4n) is 3.49. The summed E-state index contributed by atoms with van der Waals surface area (Å²) in [6.45, 7) is 8.94. The van der Waals surface area contributed by atoms with E-state index in [4.69, 9.17) is 4.74 Å². The predicted molar refractivity (Wildman–Crippen MR) is 114 cm³/mol. The highest BCUT2D eigenvalue weighted by molar-refractivity contribution is 4.86. The van der Waals surface area contributed by atoms with Crippen LogP contribution >= 0.6 is 0 Å². The van der Waals surface area contributed by atoms with Gasteiger partial charge in [-0.15, -0.1) is 0 Å². The molecular weight excluding hydrogens is 340 g/mol. The van der Waals surface area contributed by atoms with Crippen molar-refractivity contribution in [1.82, 2.24) is 0 Å². The minimum atomic E-state index is -0.935. The molecule has 0 aliphatic rings. The van der Waals surface area contributed by atoms with Crippen molar-refractivity contribution < 1.29 is 20.1 Å². The van der Waals surface area contributed by atoms with Gasteiger partial charge in [0, 0.05) is 6.61 Å². The summed E-state index contributed by atoms with van der Waals surface area (Å²) in [4.78, 5) is 0. The molecule has 0 amide bonds. The third-order valence-corrected chi connectivity index (χ3v) is 5.62. The van der Waals surface area contributed by atoms with Crippen molar-refractivity contribution in [1.29, 1.82) is 0 Å². The number of ether oxygens (including phenoxy) is 1. The summed E-state index contributed by atoms with van der Waals surface area (Å²) >= 11 is 0. The van der Waals surface area contributed by atoms with E-state index in [1.54, 1.807) is 0 Å². The van der Waals surface area contributed by atoms with Gasteiger partial charge in [0.1, 0.15) is 0 Å². The van der Waals surface area contributed by atoms with Crippen LogP contribution in [-0.2, 0) is 4.74 Å². The Bertz CT molecular complexity index is 305. The van der Waals surface area contributed by atoms with E-state index in [2.05, 4.69) is 27.7 Å². The Hall–Kier alpha value is -0.160. The van der Waals surface area contributed by atoms with Crippen LogP contribution in [0.15, 0.2) is 0 Å². The van der Waals surface area contributed by atoms with Crippen LogP contribution in [0.3, 0.4) is 0 Å². The molecule has 1 unspecified atom stereocenters. The summed E-state index contributed by atoms with van der Waals surface area (Å²) < 4.78 is 6.07. The maximum Gasteiger partial charge on any atom is 0.0697 e. The molecule has 0 saturated heterocycles. The third kappa shape index (κ3) is 12.8. The molecule has 0 radical (unpaired) electrons. The van der Waals surface area contributed by atoms with Crippen LogP contribution in [-0.4, -0.2) is 47.9 Å². The van der Waals surface area contributed by atoms with Crippen LogP contribution < -0.4 is 0 Å². The van der Waals surface area contributed by atoms with E-state index in [9.17, 15) is 15.3 Å². The van der Waals surface area contributed by atoms with E-state index in [0.29, 0.717) is 6.61 Å². The fraction of sp³-hybridized carbons (Fsp3) is 1.00. The van der Waals surface area contributed by atoms with Gasteiger partial charge in [0.05, 0.1) is 31.3 Å². The highest BCUT2D eigenvalue weighted by Gasteiger charge is 2.38. The maximum absolute atomic E-state index is 9.77. The zero-order chi connectivity index (χ0) is 20.5. The molecule has 4 heteroatoms. The normalized spacial score (nSPS) is 13.7. The Morgan fingerprint density at radius 3 is 1.41 bits per heavy atom. The van der Waals surface area contributed by atoms with Gasteiger partial charge in [-0.05, 0) is 24.7 Å². The summed E-state index contributed by atoms with van der Waals surface area (Å²) in [5, 5.41) is 29.3. The topological polar surface area (TPSA) is 69.9 Å². The van der Waals surface area contributed by atoms with Crippen LogP contribution in [0.1, 0.15) is 98.3 Å². The van der Waals surface area contributed by atoms with Crippen molar-refractivity contribution in [3.8, 4) is 0 Å². The molecule has 0 aromatic rings. The van der Waals surface area contributed by atoms with Gasteiger partial charge < -0.3 is 20.1 Å². The van der Waals surface area contributed by atoms with E-state index in [1.165, 1.54) is 38.5 Å². The molecule has 0 saturated carbocycles. The smallest absolute Gasteiger partial charge is 0.0697 e. The van der Waals surface area contributed by atoms with Crippen LogP contribution in [0, 0.1) is 17.3 Å². The molecule has 4 nitrogen and oxygen atoms in total. The van der Waals surface area contributed by atoms with E-state index in [-0.39, 0.29) is 25.9 Å². The summed E-state index contributed by atoms with van der Waals surface area (Å²) in [6, 6.07) is 0. The lowest BCUT2D eigenvalue weighted by Gasteiger charge is -2.36. The van der Waals surface area contributed by atoms with Crippen molar-refractivity contribution in [3.63, 3.8) is 0 Å². The third-order valence-electron chi connectivity index (χ3n) is 5.62. The fourth-order valence-corrected chi connectivity index (χ4v) is 3.49. The molecule has 0 fully saturated rings. The van der Waals surface area contributed by atoms with Gasteiger partial charge in [0.25, 0.3) is 0 Å². The molecule has 0 rings (SSSR count). The Morgan fingerprint density at radius 2 is 1.00 bits per heavy atom. The molecule has 164 valence electrons. The molecule has 0 spiro atoms. The first-order valence-corrected chi connectivity index (χ1v) is 11.4. The monoisotopic (exact) mass is 388 g/mol. The number of rotatable bonds is 19. The van der Waals surface area contributed by atoms with Gasteiger partial charge in [-0.2, -0.15) is 0 Å². The van der Waals surface area contributed by atoms with E-state index in [1.807, 2.05) is 0 Å². The second kappa shape index (κ2) is 16.8. The Morgan fingerprint density at radius 1 is 0.593 bits per heavy atom. The number of aliphatic hydroxyl groups excluding tert-OH is 3. The maximum atomic E-state index is 9.77. The van der Waals surface area contributed by atoms with Gasteiger partial charge in [0.2, 0.25) is 0 Å². The standard InChI is InChI=1S/C23H48O4/c1-20(2)13-9-5-6-11-15-22(23(17-24,18-25)19-26)27-16-12-8-7-10-14-21(3)4/h20-22,24-26H,5-19H2,1-4H3. The first-order chi connectivity index (χ1) is 12.9. The summed E-state index contributed by atoms with van der Waals surface area (Å²) in [6.07, 6.45) is 12.3. The zero-order valence-corrected chi connectivity index (χ0v) is 18.6. The molecule has 0 heterocycles. The van der Waals surface area contributed by atoms with E-state index >= 15 is 0 Å². The lowest BCUT2D eigenvalue weighted by atomic mass is 9.81. The second-order valence-electron chi connectivity index (χ2n) is 9.18. The minimum absolute atomic E-state index is 0.244. The Labute approximate surface area is 168 Å². The molecule has 0 aliphatic heterocycles. The highest BCUT2D eigenvalue weighted by atomic mass is 16.5. The Kier molecular flexibility index (Phi) is 16.7. The number of unbranched alkanes of at least 4 members (excludes halogenated alkanes) is 6. The van der Waals surface area contributed by atoms with E-state index in [0.717, 1.165) is 43.9 Å². The van der Waals surface area contributed by atoms with Crippen molar-refractivity contribution in [3.05, 3.63) is 0 Å². The average Bonchev–Trinajstić information content (AvgIpc) is 2.64. The summed E-state index contributed by atoms with van der Waals surface area (Å²) in [5.74, 6) is 1.53. The zero-order valence-electron chi connectivity index (χ0n) is 18.6. The van der Waals surface area contributed by atoms with E-state index < -0.39 is 5.41 Å². The average molecular weight is 389 g/mol. The van der Waals surface area contributed by atoms with Crippen LogP contribution in [0.4, 0.5) is 0 Å². The van der Waals surface area contributed by atoms with Crippen molar-refractivity contribution in [2.24, 2.45) is 17.3 Å². The lowest BCUT2D eigenvalue weighted by Crippen LogP contribution is -2.46. The molecule has 0 aliphatic carbocycles. The number of aliphatic hydroxyl groups is 3. The first-order valence-electron chi connectivity index (χ1n) is 11.4. The molecule has 3 N–H and O–H groups in total. The van der Waals surface area contributed by atoms with Gasteiger partial charge in [-0.3, -0.25) is 0 Å². The number of hydrogen-bond acceptors (Lipinski definition) is 4. The second-order valence-corrected chi connectivity index (χ2v) is 9.18. The van der Waals surface area contributed by atoms with Crippen molar-refractivity contribution in [2.75, 3.05) is 26.4 Å². The number of hydrogen-bond donors (Lipinski definition) is 3. The largest absolute Gasteiger partial charge is 0.396 e. The Balaban J connectivity index is 4.26. The molecular formula is C23H48O4.